The largest absolute Gasteiger partial charge is 0.465 e. The van der Waals surface area contributed by atoms with Crippen LogP contribution in [0.1, 0.15) is 34.1 Å². The molecule has 4 rings (SSSR count). The van der Waals surface area contributed by atoms with Crippen LogP contribution in [0.2, 0.25) is 0 Å². The fourth-order valence-electron chi connectivity index (χ4n) is 5.58. The first-order valence-corrected chi connectivity index (χ1v) is 9.23. The second-order valence-corrected chi connectivity index (χ2v) is 8.44. The van der Waals surface area contributed by atoms with E-state index in [1.54, 1.807) is 0 Å². The van der Waals surface area contributed by atoms with Crippen molar-refractivity contribution in [1.29, 1.82) is 0 Å². The quantitative estimate of drug-likeness (QED) is 0.401. The fourth-order valence-corrected chi connectivity index (χ4v) is 5.58. The Bertz CT molecular complexity index is 712. The van der Waals surface area contributed by atoms with E-state index in [0.29, 0.717) is 13.0 Å². The molecule has 8 nitrogen and oxygen atoms in total. The summed E-state index contributed by atoms with van der Waals surface area (Å²) in [5.74, 6) is -0.874. The molecule has 150 valence electrons. The van der Waals surface area contributed by atoms with E-state index in [-0.39, 0.29) is 6.61 Å². The lowest BCUT2D eigenvalue weighted by atomic mass is 9.51. The van der Waals surface area contributed by atoms with Crippen molar-refractivity contribution in [2.45, 2.75) is 70.2 Å². The molecule has 27 heavy (non-hydrogen) atoms. The first-order valence-electron chi connectivity index (χ1n) is 9.23. The number of carbonyl (C=O) groups is 2. The zero-order valence-corrected chi connectivity index (χ0v) is 15.9. The number of fused-ring (bicyclic) bond motifs is 2. The maximum atomic E-state index is 11.6. The monoisotopic (exact) mass is 382 g/mol. The lowest BCUT2D eigenvalue weighted by Crippen LogP contribution is -2.67. The molecule has 0 aromatic rings. The van der Waals surface area contributed by atoms with Gasteiger partial charge in [-0.3, -0.25) is 9.59 Å². The van der Waals surface area contributed by atoms with Crippen molar-refractivity contribution in [3.63, 3.8) is 0 Å². The first kappa shape index (κ1) is 18.9. The third-order valence-electron chi connectivity index (χ3n) is 7.20. The van der Waals surface area contributed by atoms with Crippen molar-refractivity contribution in [2.75, 3.05) is 13.2 Å². The average molecular weight is 382 g/mol. The highest BCUT2D eigenvalue weighted by Crippen LogP contribution is 2.71. The molecule has 2 aliphatic carbocycles. The molecule has 0 amide bonds. The summed E-state index contributed by atoms with van der Waals surface area (Å²) in [4.78, 5) is 23.2. The van der Waals surface area contributed by atoms with Gasteiger partial charge in [-0.25, -0.2) is 0 Å². The molecule has 0 aromatic carbocycles. The number of epoxide rings is 1. The van der Waals surface area contributed by atoms with Crippen LogP contribution in [-0.4, -0.2) is 71.5 Å². The van der Waals surface area contributed by atoms with Gasteiger partial charge in [0.25, 0.3) is 0 Å². The first-order chi connectivity index (χ1) is 12.6. The van der Waals surface area contributed by atoms with E-state index in [1.807, 2.05) is 19.9 Å². The van der Waals surface area contributed by atoms with Crippen molar-refractivity contribution in [2.24, 2.45) is 10.8 Å². The second kappa shape index (κ2) is 5.76. The molecule has 0 aromatic heterocycles. The number of ether oxygens (including phenoxy) is 4. The molecule has 1 spiro atoms. The molecule has 0 radical (unpaired) electrons. The molecule has 2 aliphatic heterocycles. The number of hydrogen-bond donors (Lipinski definition) is 2. The molecule has 4 unspecified atom stereocenters. The van der Waals surface area contributed by atoms with Crippen molar-refractivity contribution in [3.8, 4) is 0 Å². The summed E-state index contributed by atoms with van der Waals surface area (Å²) in [5, 5.41) is 21.7. The van der Waals surface area contributed by atoms with Gasteiger partial charge in [0, 0.05) is 31.1 Å². The Morgan fingerprint density at radius 3 is 2.52 bits per heavy atom. The molecule has 8 heteroatoms. The van der Waals surface area contributed by atoms with Crippen LogP contribution in [0.15, 0.2) is 11.6 Å². The normalized spacial score (nSPS) is 50.0. The van der Waals surface area contributed by atoms with Gasteiger partial charge in [-0.2, -0.15) is 0 Å². The average Bonchev–Trinajstić information content (AvgIpc) is 3.37. The van der Waals surface area contributed by atoms with Crippen molar-refractivity contribution >= 4 is 11.9 Å². The topological polar surface area (TPSA) is 115 Å². The third kappa shape index (κ3) is 2.24. The van der Waals surface area contributed by atoms with Crippen LogP contribution in [0.4, 0.5) is 0 Å². The standard InChI is InChI=1S/C19H26O8/c1-9-5-13-18(7-24-10(2)20,6-12(9)26-11(3)21)17(4)15(23)14(22)16(27-13)19(17)8-25-19/h5,12-16,22-23H,6-8H2,1-4H3/t12?,13?,14?,15-,16-,17-,18?,19+/m1/s1. The molecule has 3 fully saturated rings. The lowest BCUT2D eigenvalue weighted by molar-refractivity contribution is -0.238. The Kier molecular flexibility index (Phi) is 4.03. The fraction of sp³-hybridized carbons (Fsp3) is 0.789. The Balaban J connectivity index is 1.84. The molecule has 4 aliphatic rings. The van der Waals surface area contributed by atoms with Gasteiger partial charge in [-0.05, 0) is 12.5 Å². The Morgan fingerprint density at radius 1 is 1.30 bits per heavy atom. The Hall–Kier alpha value is -1.48. The number of esters is 2. The van der Waals surface area contributed by atoms with Gasteiger partial charge in [0.15, 0.2) is 0 Å². The maximum Gasteiger partial charge on any atom is 0.303 e. The van der Waals surface area contributed by atoms with Crippen molar-refractivity contribution in [3.05, 3.63) is 11.6 Å². The molecule has 8 atom stereocenters. The van der Waals surface area contributed by atoms with Gasteiger partial charge >= 0.3 is 11.9 Å². The minimum Gasteiger partial charge on any atom is -0.465 e. The minimum absolute atomic E-state index is 0.0351. The van der Waals surface area contributed by atoms with Crippen molar-refractivity contribution in [1.82, 2.24) is 0 Å². The molecular weight excluding hydrogens is 356 g/mol. The summed E-state index contributed by atoms with van der Waals surface area (Å²) >= 11 is 0. The van der Waals surface area contributed by atoms with Gasteiger partial charge in [-0.1, -0.05) is 13.0 Å². The summed E-state index contributed by atoms with van der Waals surface area (Å²) in [6.07, 6.45) is -1.81. The Labute approximate surface area is 157 Å². The number of aliphatic hydroxyl groups is 2. The van der Waals surface area contributed by atoms with Gasteiger partial charge in [0.2, 0.25) is 0 Å². The zero-order chi connectivity index (χ0) is 19.8. The predicted octanol–water partition coefficient (Wildman–Crippen LogP) is 0.0957. The van der Waals surface area contributed by atoms with Crippen LogP contribution in [0.25, 0.3) is 0 Å². The highest BCUT2D eigenvalue weighted by Gasteiger charge is 2.85. The molecule has 2 heterocycles. The van der Waals surface area contributed by atoms with Gasteiger partial charge in [-0.15, -0.1) is 0 Å². The smallest absolute Gasteiger partial charge is 0.303 e. The molecule has 2 saturated heterocycles. The summed E-state index contributed by atoms with van der Waals surface area (Å²) in [5.41, 5.74) is -1.88. The highest BCUT2D eigenvalue weighted by molar-refractivity contribution is 5.67. The van der Waals surface area contributed by atoms with Gasteiger partial charge in [0.1, 0.15) is 30.5 Å². The van der Waals surface area contributed by atoms with E-state index >= 15 is 0 Å². The zero-order valence-electron chi connectivity index (χ0n) is 15.9. The summed E-state index contributed by atoms with van der Waals surface area (Å²) < 4.78 is 22.9. The van der Waals surface area contributed by atoms with Crippen LogP contribution < -0.4 is 0 Å². The van der Waals surface area contributed by atoms with Crippen LogP contribution >= 0.6 is 0 Å². The second-order valence-electron chi connectivity index (χ2n) is 8.44. The molecular formula is C19H26O8. The highest BCUT2D eigenvalue weighted by atomic mass is 16.6. The summed E-state index contributed by atoms with van der Waals surface area (Å²) in [6, 6.07) is 0. The van der Waals surface area contributed by atoms with Crippen LogP contribution in [-0.2, 0) is 28.5 Å². The number of rotatable bonds is 3. The molecule has 1 saturated carbocycles. The van der Waals surface area contributed by atoms with Crippen LogP contribution in [0.3, 0.4) is 0 Å². The minimum atomic E-state index is -1.13. The third-order valence-corrected chi connectivity index (χ3v) is 7.20. The van der Waals surface area contributed by atoms with Gasteiger partial charge in [0.05, 0.1) is 18.8 Å². The predicted molar refractivity (Wildman–Crippen MR) is 90.5 cm³/mol. The van der Waals surface area contributed by atoms with Crippen molar-refractivity contribution < 1.29 is 38.7 Å². The van der Waals surface area contributed by atoms with E-state index in [4.69, 9.17) is 18.9 Å². The summed E-state index contributed by atoms with van der Waals surface area (Å²) in [6.45, 7) is 6.67. The molecule has 2 bridgehead atoms. The number of aliphatic hydroxyl groups excluding tert-OH is 2. The van der Waals surface area contributed by atoms with E-state index < -0.39 is 58.9 Å². The van der Waals surface area contributed by atoms with E-state index in [1.165, 1.54) is 13.8 Å². The maximum absolute atomic E-state index is 11.6. The lowest BCUT2D eigenvalue weighted by Gasteiger charge is -2.58. The van der Waals surface area contributed by atoms with Crippen LogP contribution in [0, 0.1) is 10.8 Å². The number of hydrogen-bond acceptors (Lipinski definition) is 8. The van der Waals surface area contributed by atoms with E-state index in [0.717, 1.165) is 5.57 Å². The van der Waals surface area contributed by atoms with Crippen LogP contribution in [0.5, 0.6) is 0 Å². The molecule has 2 N–H and O–H groups in total. The van der Waals surface area contributed by atoms with E-state index in [9.17, 15) is 19.8 Å². The Morgan fingerprint density at radius 2 is 1.96 bits per heavy atom. The summed E-state index contributed by atoms with van der Waals surface area (Å²) in [7, 11) is 0. The number of carbonyl (C=O) groups excluding carboxylic acids is 2. The van der Waals surface area contributed by atoms with E-state index in [2.05, 4.69) is 0 Å². The van der Waals surface area contributed by atoms with Gasteiger partial charge < -0.3 is 29.2 Å². The SMILES string of the molecule is CC(=O)OCC12CC(OC(C)=O)C(C)=CC1O[C@@H]1C(O)[C@@H](O)[C@@]2(C)[C@]12CO2.